The topological polar surface area (TPSA) is 75.5 Å². The molecule has 18 heavy (non-hydrogen) atoms. The minimum Gasteiger partial charge on any atom is -0.465 e. The first kappa shape index (κ1) is 14.6. The largest absolute Gasteiger partial charge is 0.465 e. The highest BCUT2D eigenvalue weighted by Gasteiger charge is 2.16. The van der Waals surface area contributed by atoms with Crippen molar-refractivity contribution in [2.24, 2.45) is 0 Å². The van der Waals surface area contributed by atoms with Crippen molar-refractivity contribution in [2.45, 2.75) is 33.6 Å². The highest BCUT2D eigenvalue weighted by Crippen LogP contribution is 2.15. The van der Waals surface area contributed by atoms with Gasteiger partial charge >= 0.3 is 5.97 Å². The molecular formula is C11H19N3O4. The van der Waals surface area contributed by atoms with Crippen molar-refractivity contribution in [3.8, 4) is 0 Å². The van der Waals surface area contributed by atoms with E-state index in [2.05, 4.69) is 10.3 Å². The Morgan fingerprint density at radius 2 is 1.94 bits per heavy atom. The molecule has 1 aromatic heterocycles. The van der Waals surface area contributed by atoms with Crippen molar-refractivity contribution >= 4 is 5.97 Å². The van der Waals surface area contributed by atoms with Crippen LogP contribution in [0.3, 0.4) is 0 Å². The van der Waals surface area contributed by atoms with E-state index in [1.165, 1.54) is 4.68 Å². The van der Waals surface area contributed by atoms with E-state index in [9.17, 15) is 4.79 Å². The predicted octanol–water partition coefficient (Wildman–Crippen LogP) is 0.913. The smallest absolute Gasteiger partial charge is 0.327 e. The van der Waals surface area contributed by atoms with Crippen molar-refractivity contribution < 1.29 is 19.0 Å². The maximum atomic E-state index is 11.3. The van der Waals surface area contributed by atoms with Crippen molar-refractivity contribution in [3.63, 3.8) is 0 Å². The Hall–Kier alpha value is -1.47. The molecule has 102 valence electrons. The predicted molar refractivity (Wildman–Crippen MR) is 62.6 cm³/mol. The fourth-order valence-corrected chi connectivity index (χ4v) is 1.36. The van der Waals surface area contributed by atoms with Gasteiger partial charge in [0.05, 0.1) is 12.8 Å². The van der Waals surface area contributed by atoms with E-state index in [0.717, 1.165) is 0 Å². The number of carbonyl (C=O) groups is 1. The van der Waals surface area contributed by atoms with E-state index < -0.39 is 6.29 Å². The summed E-state index contributed by atoms with van der Waals surface area (Å²) < 4.78 is 17.0. The quantitative estimate of drug-likeness (QED) is 0.509. The number of ether oxygens (including phenoxy) is 3. The Kier molecular flexibility index (Phi) is 6.31. The number of esters is 1. The fraction of sp³-hybridized carbons (Fsp3) is 0.727. The molecule has 0 spiro atoms. The molecule has 7 nitrogen and oxygen atoms in total. The molecule has 0 atom stereocenters. The van der Waals surface area contributed by atoms with Crippen LogP contribution in [0.5, 0.6) is 0 Å². The van der Waals surface area contributed by atoms with Crippen LogP contribution in [0.15, 0.2) is 6.20 Å². The number of carbonyl (C=O) groups excluding carboxylic acids is 1. The van der Waals surface area contributed by atoms with E-state index in [0.29, 0.717) is 25.5 Å². The zero-order valence-corrected chi connectivity index (χ0v) is 11.0. The third-order valence-corrected chi connectivity index (χ3v) is 2.03. The van der Waals surface area contributed by atoms with Crippen LogP contribution in [0, 0.1) is 0 Å². The summed E-state index contributed by atoms with van der Waals surface area (Å²) in [6.07, 6.45) is 1.07. The van der Waals surface area contributed by atoms with E-state index in [1.54, 1.807) is 13.1 Å². The number of aromatic nitrogens is 3. The average molecular weight is 257 g/mol. The molecule has 1 rings (SSSR count). The lowest BCUT2D eigenvalue weighted by molar-refractivity contribution is -0.144. The highest BCUT2D eigenvalue weighted by atomic mass is 16.7. The van der Waals surface area contributed by atoms with Crippen LogP contribution in [0.25, 0.3) is 0 Å². The minimum absolute atomic E-state index is 0.0335. The van der Waals surface area contributed by atoms with Crippen LogP contribution in [0.4, 0.5) is 0 Å². The van der Waals surface area contributed by atoms with Gasteiger partial charge in [-0.1, -0.05) is 5.21 Å². The molecule has 0 saturated heterocycles. The molecule has 0 aliphatic carbocycles. The molecule has 0 unspecified atom stereocenters. The standard InChI is InChI=1S/C11H19N3O4/c1-4-16-10(15)8-14-7-9(12-13-14)11(17-5-2)18-6-3/h7,11H,4-6,8H2,1-3H3. The van der Waals surface area contributed by atoms with Crippen molar-refractivity contribution in [2.75, 3.05) is 19.8 Å². The summed E-state index contributed by atoms with van der Waals surface area (Å²) in [6, 6.07) is 0. The zero-order valence-electron chi connectivity index (χ0n) is 11.0. The van der Waals surface area contributed by atoms with Crippen LogP contribution in [-0.4, -0.2) is 40.8 Å². The van der Waals surface area contributed by atoms with Crippen LogP contribution in [-0.2, 0) is 25.5 Å². The molecule has 0 N–H and O–H groups in total. The molecule has 0 amide bonds. The molecule has 0 aliphatic rings. The molecule has 0 saturated carbocycles. The number of hydrogen-bond donors (Lipinski definition) is 0. The summed E-state index contributed by atoms with van der Waals surface area (Å²) in [4.78, 5) is 11.3. The molecule has 1 heterocycles. The van der Waals surface area contributed by atoms with E-state index in [1.807, 2.05) is 13.8 Å². The molecule has 0 aliphatic heterocycles. The number of hydrogen-bond acceptors (Lipinski definition) is 6. The first-order chi connectivity index (χ1) is 8.71. The summed E-state index contributed by atoms with van der Waals surface area (Å²) in [7, 11) is 0. The van der Waals surface area contributed by atoms with Gasteiger partial charge in [-0.2, -0.15) is 0 Å². The van der Waals surface area contributed by atoms with Gasteiger partial charge in [0.2, 0.25) is 6.29 Å². The van der Waals surface area contributed by atoms with Crippen LogP contribution in [0.1, 0.15) is 32.8 Å². The molecular weight excluding hydrogens is 238 g/mol. The maximum absolute atomic E-state index is 11.3. The Morgan fingerprint density at radius 1 is 1.28 bits per heavy atom. The first-order valence-electron chi connectivity index (χ1n) is 6.00. The fourth-order valence-electron chi connectivity index (χ4n) is 1.36. The molecule has 0 radical (unpaired) electrons. The lowest BCUT2D eigenvalue weighted by atomic mass is 10.4. The van der Waals surface area contributed by atoms with E-state index in [4.69, 9.17) is 14.2 Å². The lowest BCUT2D eigenvalue weighted by Gasteiger charge is -2.13. The van der Waals surface area contributed by atoms with Gasteiger partial charge in [-0.3, -0.25) is 4.79 Å². The molecule has 0 bridgehead atoms. The van der Waals surface area contributed by atoms with Gasteiger partial charge in [0, 0.05) is 13.2 Å². The van der Waals surface area contributed by atoms with Crippen molar-refractivity contribution in [1.82, 2.24) is 15.0 Å². The van der Waals surface area contributed by atoms with Gasteiger partial charge in [-0.25, -0.2) is 4.68 Å². The second-order valence-electron chi connectivity index (χ2n) is 3.39. The van der Waals surface area contributed by atoms with Crippen LogP contribution >= 0.6 is 0 Å². The highest BCUT2D eigenvalue weighted by molar-refractivity contribution is 5.68. The number of rotatable bonds is 8. The molecule has 7 heteroatoms. The Balaban J connectivity index is 2.62. The molecule has 0 fully saturated rings. The second kappa shape index (κ2) is 7.78. The van der Waals surface area contributed by atoms with Crippen LogP contribution in [0.2, 0.25) is 0 Å². The third kappa shape index (κ3) is 4.42. The van der Waals surface area contributed by atoms with Crippen molar-refractivity contribution in [3.05, 3.63) is 11.9 Å². The van der Waals surface area contributed by atoms with E-state index in [-0.39, 0.29) is 12.5 Å². The van der Waals surface area contributed by atoms with Gasteiger partial charge in [0.1, 0.15) is 12.2 Å². The second-order valence-corrected chi connectivity index (χ2v) is 3.39. The lowest BCUT2D eigenvalue weighted by Crippen LogP contribution is -2.14. The Morgan fingerprint density at radius 3 is 2.50 bits per heavy atom. The van der Waals surface area contributed by atoms with Gasteiger partial charge in [-0.15, -0.1) is 5.10 Å². The van der Waals surface area contributed by atoms with Crippen molar-refractivity contribution in [1.29, 1.82) is 0 Å². The zero-order chi connectivity index (χ0) is 13.4. The SMILES string of the molecule is CCOC(=O)Cn1cc(C(OCC)OCC)nn1. The summed E-state index contributed by atoms with van der Waals surface area (Å²) in [5.74, 6) is -0.349. The first-order valence-corrected chi connectivity index (χ1v) is 6.00. The minimum atomic E-state index is -0.545. The summed E-state index contributed by atoms with van der Waals surface area (Å²) in [5, 5.41) is 7.75. The van der Waals surface area contributed by atoms with Crippen LogP contribution < -0.4 is 0 Å². The van der Waals surface area contributed by atoms with Gasteiger partial charge in [0.25, 0.3) is 0 Å². The number of nitrogens with zero attached hydrogens (tertiary/aromatic N) is 3. The summed E-state index contributed by atoms with van der Waals surface area (Å²) >= 11 is 0. The van der Waals surface area contributed by atoms with E-state index >= 15 is 0 Å². The normalized spacial score (nSPS) is 10.9. The van der Waals surface area contributed by atoms with Gasteiger partial charge in [0.15, 0.2) is 0 Å². The third-order valence-electron chi connectivity index (χ3n) is 2.03. The Bertz CT molecular complexity index is 361. The summed E-state index contributed by atoms with van der Waals surface area (Å²) in [6.45, 7) is 6.90. The van der Waals surface area contributed by atoms with Gasteiger partial charge in [-0.05, 0) is 20.8 Å². The summed E-state index contributed by atoms with van der Waals surface area (Å²) in [5.41, 5.74) is 0.544. The average Bonchev–Trinajstić information content (AvgIpc) is 2.77. The molecule has 1 aromatic rings. The molecule has 0 aromatic carbocycles. The maximum Gasteiger partial charge on any atom is 0.327 e. The monoisotopic (exact) mass is 257 g/mol. The Labute approximate surface area is 106 Å². The van der Waals surface area contributed by atoms with Gasteiger partial charge < -0.3 is 14.2 Å².